The number of nitrogens with zero attached hydrogens (tertiary/aromatic N) is 1. The molecule has 1 unspecified atom stereocenters. The summed E-state index contributed by atoms with van der Waals surface area (Å²) in [6.45, 7) is 4.69. The SMILES string of the molecule is CCCn1ccc2cc(NC(=O)C(C)NC(=O)c3cccc(Cl)c3Cl)ccc21. The topological polar surface area (TPSA) is 63.1 Å². The molecule has 0 bridgehead atoms. The van der Waals surface area contributed by atoms with Gasteiger partial charge in [0.15, 0.2) is 0 Å². The average molecular weight is 418 g/mol. The number of carbonyl (C=O) groups is 2. The number of rotatable bonds is 6. The number of halogens is 2. The molecule has 5 nitrogen and oxygen atoms in total. The van der Waals surface area contributed by atoms with Gasteiger partial charge in [0, 0.05) is 29.3 Å². The van der Waals surface area contributed by atoms with Crippen LogP contribution < -0.4 is 10.6 Å². The summed E-state index contributed by atoms with van der Waals surface area (Å²) >= 11 is 12.0. The Bertz CT molecular complexity index is 1030. The summed E-state index contributed by atoms with van der Waals surface area (Å²) in [6.07, 6.45) is 3.09. The Morgan fingerprint density at radius 1 is 1.14 bits per heavy atom. The normalized spacial score (nSPS) is 12.0. The molecule has 7 heteroatoms. The zero-order valence-corrected chi connectivity index (χ0v) is 17.1. The third-order valence-electron chi connectivity index (χ3n) is 4.44. The van der Waals surface area contributed by atoms with Crippen LogP contribution in [0, 0.1) is 0 Å². The monoisotopic (exact) mass is 417 g/mol. The van der Waals surface area contributed by atoms with Crippen molar-refractivity contribution in [2.75, 3.05) is 5.32 Å². The molecule has 0 fully saturated rings. The Morgan fingerprint density at radius 3 is 2.68 bits per heavy atom. The third kappa shape index (κ3) is 4.32. The Kier molecular flexibility index (Phi) is 6.27. The van der Waals surface area contributed by atoms with Gasteiger partial charge in [-0.15, -0.1) is 0 Å². The maximum absolute atomic E-state index is 12.5. The fourth-order valence-electron chi connectivity index (χ4n) is 2.98. The molecule has 0 radical (unpaired) electrons. The summed E-state index contributed by atoms with van der Waals surface area (Å²) in [5.41, 5.74) is 2.03. The molecule has 1 heterocycles. The van der Waals surface area contributed by atoms with Crippen molar-refractivity contribution in [1.29, 1.82) is 0 Å². The van der Waals surface area contributed by atoms with Crippen LogP contribution in [-0.4, -0.2) is 22.4 Å². The van der Waals surface area contributed by atoms with Gasteiger partial charge in [-0.05, 0) is 49.7 Å². The van der Waals surface area contributed by atoms with Crippen LogP contribution in [0.4, 0.5) is 5.69 Å². The van der Waals surface area contributed by atoms with Crippen molar-refractivity contribution < 1.29 is 9.59 Å². The molecule has 3 aromatic rings. The third-order valence-corrected chi connectivity index (χ3v) is 5.26. The lowest BCUT2D eigenvalue weighted by Gasteiger charge is -2.15. The minimum absolute atomic E-state index is 0.163. The molecule has 0 saturated carbocycles. The van der Waals surface area contributed by atoms with Crippen molar-refractivity contribution in [2.45, 2.75) is 32.9 Å². The van der Waals surface area contributed by atoms with E-state index in [1.54, 1.807) is 25.1 Å². The van der Waals surface area contributed by atoms with Crippen molar-refractivity contribution in [2.24, 2.45) is 0 Å². The molecule has 2 amide bonds. The first-order valence-corrected chi connectivity index (χ1v) is 9.81. The highest BCUT2D eigenvalue weighted by Crippen LogP contribution is 2.25. The zero-order valence-electron chi connectivity index (χ0n) is 15.6. The number of aryl methyl sites for hydroxylation is 1. The molecule has 28 heavy (non-hydrogen) atoms. The minimum Gasteiger partial charge on any atom is -0.347 e. The van der Waals surface area contributed by atoms with Crippen molar-refractivity contribution in [3.8, 4) is 0 Å². The second-order valence-corrected chi connectivity index (χ2v) is 7.35. The van der Waals surface area contributed by atoms with E-state index in [2.05, 4.69) is 22.1 Å². The molecule has 0 aliphatic rings. The maximum Gasteiger partial charge on any atom is 0.253 e. The number of benzene rings is 2. The average Bonchev–Trinajstić information content (AvgIpc) is 3.06. The number of hydrogen-bond donors (Lipinski definition) is 2. The lowest BCUT2D eigenvalue weighted by Crippen LogP contribution is -2.41. The van der Waals surface area contributed by atoms with Crippen LogP contribution >= 0.6 is 23.2 Å². The number of hydrogen-bond acceptors (Lipinski definition) is 2. The van der Waals surface area contributed by atoms with Gasteiger partial charge < -0.3 is 15.2 Å². The van der Waals surface area contributed by atoms with Crippen LogP contribution in [0.5, 0.6) is 0 Å². The Balaban J connectivity index is 1.67. The van der Waals surface area contributed by atoms with Gasteiger partial charge in [-0.3, -0.25) is 9.59 Å². The lowest BCUT2D eigenvalue weighted by molar-refractivity contribution is -0.117. The quantitative estimate of drug-likeness (QED) is 0.584. The van der Waals surface area contributed by atoms with E-state index in [1.165, 1.54) is 0 Å². The molecular formula is C21H21Cl2N3O2. The van der Waals surface area contributed by atoms with E-state index in [9.17, 15) is 9.59 Å². The number of fused-ring (bicyclic) bond motifs is 1. The van der Waals surface area contributed by atoms with Crippen LogP contribution in [0.2, 0.25) is 10.0 Å². The van der Waals surface area contributed by atoms with E-state index in [0.717, 1.165) is 23.9 Å². The first-order valence-electron chi connectivity index (χ1n) is 9.05. The van der Waals surface area contributed by atoms with E-state index in [4.69, 9.17) is 23.2 Å². The molecule has 2 N–H and O–H groups in total. The van der Waals surface area contributed by atoms with Crippen LogP contribution in [0.15, 0.2) is 48.7 Å². The van der Waals surface area contributed by atoms with Gasteiger partial charge in [0.25, 0.3) is 5.91 Å². The fourth-order valence-corrected chi connectivity index (χ4v) is 3.37. The van der Waals surface area contributed by atoms with Gasteiger partial charge in [-0.1, -0.05) is 36.2 Å². The molecule has 3 rings (SSSR count). The van der Waals surface area contributed by atoms with E-state index in [0.29, 0.717) is 5.69 Å². The summed E-state index contributed by atoms with van der Waals surface area (Å²) in [5.74, 6) is -0.777. The maximum atomic E-state index is 12.5. The number of amides is 2. The van der Waals surface area contributed by atoms with Crippen LogP contribution in [0.3, 0.4) is 0 Å². The Morgan fingerprint density at radius 2 is 1.93 bits per heavy atom. The van der Waals surface area contributed by atoms with Crippen LogP contribution in [0.1, 0.15) is 30.6 Å². The second-order valence-electron chi connectivity index (χ2n) is 6.57. The summed E-state index contributed by atoms with van der Waals surface area (Å²) in [7, 11) is 0. The highest BCUT2D eigenvalue weighted by Gasteiger charge is 2.19. The molecule has 1 atom stereocenters. The first kappa shape index (κ1) is 20.2. The fraction of sp³-hybridized carbons (Fsp3) is 0.238. The van der Waals surface area contributed by atoms with E-state index in [1.807, 2.05) is 30.5 Å². The van der Waals surface area contributed by atoms with E-state index in [-0.39, 0.29) is 21.5 Å². The highest BCUT2D eigenvalue weighted by atomic mass is 35.5. The summed E-state index contributed by atoms with van der Waals surface area (Å²) in [6, 6.07) is 11.8. The first-order chi connectivity index (χ1) is 13.4. The summed E-state index contributed by atoms with van der Waals surface area (Å²) in [4.78, 5) is 24.9. The van der Waals surface area contributed by atoms with Crippen molar-refractivity contribution in [3.63, 3.8) is 0 Å². The largest absolute Gasteiger partial charge is 0.347 e. The molecule has 0 aliphatic heterocycles. The Hall–Kier alpha value is -2.50. The molecule has 0 saturated heterocycles. The van der Waals surface area contributed by atoms with Gasteiger partial charge in [0.1, 0.15) is 6.04 Å². The molecule has 1 aromatic heterocycles. The lowest BCUT2D eigenvalue weighted by atomic mass is 10.2. The smallest absolute Gasteiger partial charge is 0.253 e. The van der Waals surface area contributed by atoms with Gasteiger partial charge in [0.2, 0.25) is 5.91 Å². The minimum atomic E-state index is -0.747. The number of carbonyl (C=O) groups excluding carboxylic acids is 2. The van der Waals surface area contributed by atoms with Gasteiger partial charge in [-0.2, -0.15) is 0 Å². The zero-order chi connectivity index (χ0) is 20.3. The van der Waals surface area contributed by atoms with Gasteiger partial charge in [-0.25, -0.2) is 0 Å². The Labute approximate surface area is 173 Å². The van der Waals surface area contributed by atoms with Crippen molar-refractivity contribution >= 4 is 51.6 Å². The molecule has 0 spiro atoms. The van der Waals surface area contributed by atoms with Gasteiger partial charge in [0.05, 0.1) is 15.6 Å². The van der Waals surface area contributed by atoms with Crippen molar-refractivity contribution in [1.82, 2.24) is 9.88 Å². The predicted octanol–water partition coefficient (Wildman–Crippen LogP) is 5.12. The summed E-state index contributed by atoms with van der Waals surface area (Å²) in [5, 5.41) is 6.98. The van der Waals surface area contributed by atoms with Gasteiger partial charge >= 0.3 is 0 Å². The van der Waals surface area contributed by atoms with Crippen molar-refractivity contribution in [3.05, 3.63) is 64.3 Å². The number of aromatic nitrogens is 1. The predicted molar refractivity (Wildman–Crippen MR) is 114 cm³/mol. The van der Waals surface area contributed by atoms with Crippen LogP contribution in [-0.2, 0) is 11.3 Å². The van der Waals surface area contributed by atoms with E-state index >= 15 is 0 Å². The summed E-state index contributed by atoms with van der Waals surface area (Å²) < 4.78 is 2.18. The highest BCUT2D eigenvalue weighted by molar-refractivity contribution is 6.43. The van der Waals surface area contributed by atoms with Crippen LogP contribution in [0.25, 0.3) is 10.9 Å². The number of anilines is 1. The molecular weight excluding hydrogens is 397 g/mol. The second kappa shape index (κ2) is 8.67. The molecule has 146 valence electrons. The molecule has 2 aromatic carbocycles. The number of nitrogens with one attached hydrogen (secondary N) is 2. The standard InChI is InChI=1S/C21H21Cl2N3O2/c1-3-10-26-11-9-14-12-15(7-8-18(14)26)25-20(27)13(2)24-21(28)16-5-4-6-17(22)19(16)23/h4-9,11-13H,3,10H2,1-2H3,(H,24,28)(H,25,27). The molecule has 0 aliphatic carbocycles. The van der Waals surface area contributed by atoms with E-state index < -0.39 is 11.9 Å².